The maximum absolute atomic E-state index is 10.9. The lowest BCUT2D eigenvalue weighted by molar-refractivity contribution is 0.461. The second-order valence-corrected chi connectivity index (χ2v) is 5.79. The first kappa shape index (κ1) is 16.9. The molecule has 0 bridgehead atoms. The molecule has 3 aromatic rings. The Morgan fingerprint density at radius 3 is 2.35 bits per heavy atom. The molecule has 0 aliphatic carbocycles. The fraction of sp³-hybridized carbons (Fsp3) is 0. The maximum Gasteiger partial charge on any atom is 0.294 e. The first-order valence-electron chi connectivity index (χ1n) is 6.22. The molecule has 1 N–H and O–H groups in total. The number of imidazole rings is 1. The minimum atomic E-state index is -4.20. The van der Waals surface area contributed by atoms with E-state index in [4.69, 9.17) is 9.29 Å². The van der Waals surface area contributed by atoms with E-state index in [1.807, 2.05) is 6.07 Å². The summed E-state index contributed by atoms with van der Waals surface area (Å²) in [7, 11) is -4.20. The van der Waals surface area contributed by atoms with E-state index in [-0.39, 0.29) is 17.3 Å². The third kappa shape index (κ3) is 4.07. The summed E-state index contributed by atoms with van der Waals surface area (Å²) in [6, 6.07) is 8.89. The first-order chi connectivity index (χ1) is 10.5. The van der Waals surface area contributed by atoms with Crippen LogP contribution in [0.3, 0.4) is 0 Å². The van der Waals surface area contributed by atoms with Crippen LogP contribution in [0.2, 0.25) is 0 Å². The van der Waals surface area contributed by atoms with Crippen LogP contribution in [0.5, 0.6) is 11.6 Å². The second-order valence-electron chi connectivity index (χ2n) is 4.37. The number of hydrogen-bond donors (Lipinski definition) is 1. The summed E-state index contributed by atoms with van der Waals surface area (Å²) < 4.78 is 38.1. The number of ether oxygens (including phenoxy) is 1. The number of aromatic nitrogens is 3. The van der Waals surface area contributed by atoms with Crippen molar-refractivity contribution in [2.24, 2.45) is 0 Å². The third-order valence-electron chi connectivity index (χ3n) is 2.87. The van der Waals surface area contributed by atoms with E-state index in [0.717, 1.165) is 5.69 Å². The average molecular weight is 354 g/mol. The molecular formula is C14H12ClN3O4S. The largest absolute Gasteiger partial charge is 0.439 e. The molecule has 0 saturated heterocycles. The summed E-state index contributed by atoms with van der Waals surface area (Å²) in [6.45, 7) is 0. The molecule has 0 atom stereocenters. The fourth-order valence-electron chi connectivity index (χ4n) is 1.80. The van der Waals surface area contributed by atoms with Crippen molar-refractivity contribution in [2.45, 2.75) is 4.90 Å². The summed E-state index contributed by atoms with van der Waals surface area (Å²) in [5.41, 5.74) is 0.839. The predicted molar refractivity (Wildman–Crippen MR) is 84.9 cm³/mol. The number of hydrogen-bond acceptors (Lipinski definition) is 5. The highest BCUT2D eigenvalue weighted by atomic mass is 35.5. The van der Waals surface area contributed by atoms with E-state index >= 15 is 0 Å². The molecule has 1 aromatic carbocycles. The topological polar surface area (TPSA) is 94.3 Å². The van der Waals surface area contributed by atoms with E-state index < -0.39 is 10.1 Å². The Balaban J connectivity index is 0.00000192. The highest BCUT2D eigenvalue weighted by molar-refractivity contribution is 7.85. The van der Waals surface area contributed by atoms with Crippen molar-refractivity contribution >= 4 is 22.5 Å². The molecule has 0 unspecified atom stereocenters. The molecule has 0 radical (unpaired) electrons. The minimum absolute atomic E-state index is 0. The molecule has 0 spiro atoms. The normalized spacial score (nSPS) is 10.8. The Morgan fingerprint density at radius 1 is 1.09 bits per heavy atom. The molecule has 0 fully saturated rings. The molecule has 9 heteroatoms. The van der Waals surface area contributed by atoms with Gasteiger partial charge >= 0.3 is 0 Å². The Bertz CT molecular complexity index is 863. The van der Waals surface area contributed by atoms with Crippen LogP contribution in [0, 0.1) is 0 Å². The first-order valence-corrected chi connectivity index (χ1v) is 7.66. The number of nitrogens with zero attached hydrogens (tertiary/aromatic N) is 3. The second kappa shape index (κ2) is 6.78. The lowest BCUT2D eigenvalue weighted by Crippen LogP contribution is -1.97. The summed E-state index contributed by atoms with van der Waals surface area (Å²) in [5, 5.41) is 0. The highest BCUT2D eigenvalue weighted by Crippen LogP contribution is 2.22. The van der Waals surface area contributed by atoms with Gasteiger partial charge in [0.1, 0.15) is 5.75 Å². The standard InChI is InChI=1S/C14H11N3O4S.ClH/c18-22(19,20)13-4-2-12(3-5-13)21-14-6-1-11(9-16-14)17-8-7-15-10-17;/h1-10H,(H,18,19,20);1H. The summed E-state index contributed by atoms with van der Waals surface area (Å²) in [5.74, 6) is 0.777. The van der Waals surface area contributed by atoms with E-state index in [2.05, 4.69) is 9.97 Å². The number of rotatable bonds is 4. The van der Waals surface area contributed by atoms with Crippen LogP contribution >= 0.6 is 12.4 Å². The van der Waals surface area contributed by atoms with E-state index in [0.29, 0.717) is 11.6 Å². The summed E-state index contributed by atoms with van der Waals surface area (Å²) in [4.78, 5) is 7.92. The van der Waals surface area contributed by atoms with Crippen molar-refractivity contribution in [2.75, 3.05) is 0 Å². The molecule has 2 aromatic heterocycles. The van der Waals surface area contributed by atoms with Gasteiger partial charge in [0.05, 0.1) is 23.1 Å². The molecule has 3 rings (SSSR count). The van der Waals surface area contributed by atoms with Gasteiger partial charge in [-0.1, -0.05) is 0 Å². The van der Waals surface area contributed by atoms with E-state index in [1.165, 1.54) is 24.3 Å². The molecule has 120 valence electrons. The van der Waals surface area contributed by atoms with Gasteiger partial charge in [-0.15, -0.1) is 12.4 Å². The molecule has 0 aliphatic heterocycles. The summed E-state index contributed by atoms with van der Waals surface area (Å²) in [6.07, 6.45) is 6.75. The lowest BCUT2D eigenvalue weighted by atomic mass is 10.3. The van der Waals surface area contributed by atoms with Crippen molar-refractivity contribution in [1.29, 1.82) is 0 Å². The van der Waals surface area contributed by atoms with Crippen LogP contribution in [0.15, 0.2) is 66.2 Å². The van der Waals surface area contributed by atoms with Gasteiger partial charge in [-0.25, -0.2) is 9.97 Å². The van der Waals surface area contributed by atoms with Gasteiger partial charge in [-0.05, 0) is 30.3 Å². The molecule has 0 aliphatic rings. The Hall–Kier alpha value is -2.42. The van der Waals surface area contributed by atoms with E-state index in [9.17, 15) is 8.42 Å². The molecular weight excluding hydrogens is 342 g/mol. The van der Waals surface area contributed by atoms with Crippen molar-refractivity contribution < 1.29 is 17.7 Å². The fourth-order valence-corrected chi connectivity index (χ4v) is 2.28. The molecule has 23 heavy (non-hydrogen) atoms. The number of halogens is 1. The zero-order valence-corrected chi connectivity index (χ0v) is 13.2. The van der Waals surface area contributed by atoms with Crippen molar-refractivity contribution in [1.82, 2.24) is 14.5 Å². The van der Waals surface area contributed by atoms with Gasteiger partial charge in [0, 0.05) is 18.5 Å². The van der Waals surface area contributed by atoms with Crippen LogP contribution in [-0.2, 0) is 10.1 Å². The van der Waals surface area contributed by atoms with Gasteiger partial charge in [0.25, 0.3) is 10.1 Å². The predicted octanol–water partition coefficient (Wildman–Crippen LogP) is 2.73. The Kier molecular flexibility index (Phi) is 4.99. The number of benzene rings is 1. The highest BCUT2D eigenvalue weighted by Gasteiger charge is 2.09. The average Bonchev–Trinajstić information content (AvgIpc) is 3.02. The van der Waals surface area contributed by atoms with Crippen LogP contribution in [0.4, 0.5) is 0 Å². The quantitative estimate of drug-likeness (QED) is 0.725. The zero-order valence-electron chi connectivity index (χ0n) is 11.6. The van der Waals surface area contributed by atoms with Gasteiger partial charge < -0.3 is 9.30 Å². The van der Waals surface area contributed by atoms with Crippen LogP contribution in [0.1, 0.15) is 0 Å². The molecule has 7 nitrogen and oxygen atoms in total. The van der Waals surface area contributed by atoms with Gasteiger partial charge in [-0.2, -0.15) is 8.42 Å². The van der Waals surface area contributed by atoms with Crippen molar-refractivity contribution in [3.63, 3.8) is 0 Å². The van der Waals surface area contributed by atoms with Crippen molar-refractivity contribution in [3.8, 4) is 17.3 Å². The smallest absolute Gasteiger partial charge is 0.294 e. The van der Waals surface area contributed by atoms with Crippen LogP contribution in [0.25, 0.3) is 5.69 Å². The Labute approximate surface area is 138 Å². The third-order valence-corrected chi connectivity index (χ3v) is 3.74. The maximum atomic E-state index is 10.9. The van der Waals surface area contributed by atoms with Gasteiger partial charge in [0.2, 0.25) is 5.88 Å². The van der Waals surface area contributed by atoms with Crippen LogP contribution in [-0.4, -0.2) is 27.5 Å². The van der Waals surface area contributed by atoms with Gasteiger partial charge in [-0.3, -0.25) is 4.55 Å². The SMILES string of the molecule is Cl.O=S(=O)(O)c1ccc(Oc2ccc(-n3ccnc3)cn2)cc1. The van der Waals surface area contributed by atoms with Gasteiger partial charge in [0.15, 0.2) is 0 Å². The molecule has 0 saturated carbocycles. The van der Waals surface area contributed by atoms with Crippen molar-refractivity contribution in [3.05, 3.63) is 61.3 Å². The summed E-state index contributed by atoms with van der Waals surface area (Å²) >= 11 is 0. The number of pyridine rings is 1. The minimum Gasteiger partial charge on any atom is -0.439 e. The zero-order chi connectivity index (χ0) is 15.6. The molecule has 0 amide bonds. The Morgan fingerprint density at radius 2 is 1.83 bits per heavy atom. The lowest BCUT2D eigenvalue weighted by Gasteiger charge is -2.06. The molecule has 2 heterocycles. The van der Waals surface area contributed by atoms with Crippen LogP contribution < -0.4 is 4.74 Å². The van der Waals surface area contributed by atoms with E-state index in [1.54, 1.807) is 35.6 Å². The monoisotopic (exact) mass is 353 g/mol.